The largest absolute Gasteiger partial charge is 0.467 e. The van der Waals surface area contributed by atoms with Gasteiger partial charge in [-0.2, -0.15) is 15.0 Å². The molecule has 3 N–H and O–H groups in total. The fraction of sp³-hybridized carbons (Fsp3) is 0.562. The minimum Gasteiger partial charge on any atom is -0.467 e. The van der Waals surface area contributed by atoms with Crippen LogP contribution in [0.3, 0.4) is 0 Å². The van der Waals surface area contributed by atoms with E-state index in [0.717, 1.165) is 25.1 Å². The maximum atomic E-state index is 9.02. The molecule has 0 radical (unpaired) electrons. The maximum Gasteiger partial charge on any atom is 0.232 e. The van der Waals surface area contributed by atoms with Crippen LogP contribution in [0.25, 0.3) is 0 Å². The Morgan fingerprint density at radius 3 is 2.88 bits per heavy atom. The SMILES string of the molecule is CC(C)Nc1nc(NCCO)nc(N2CCC[C@H]2c2ccco2)n1. The number of aliphatic hydroxyl groups excluding tert-OH is 1. The van der Waals surface area contributed by atoms with Crippen molar-refractivity contribution in [3.05, 3.63) is 24.2 Å². The van der Waals surface area contributed by atoms with Crippen LogP contribution in [0, 0.1) is 0 Å². The van der Waals surface area contributed by atoms with E-state index < -0.39 is 0 Å². The minimum atomic E-state index is 0.0205. The molecule has 0 unspecified atom stereocenters. The summed E-state index contributed by atoms with van der Waals surface area (Å²) in [4.78, 5) is 15.6. The normalized spacial score (nSPS) is 17.5. The standard InChI is InChI=1S/C16H24N6O2/c1-11(2)18-15-19-14(17-7-9-23)20-16(21-15)22-8-3-5-12(22)13-6-4-10-24-13/h4,6,10-12,23H,3,5,7-9H2,1-2H3,(H2,17,18,19,20,21)/t12-/m0/s1. The van der Waals surface area contributed by atoms with Gasteiger partial charge in [0.2, 0.25) is 17.8 Å². The number of nitrogens with one attached hydrogen (secondary N) is 2. The average molecular weight is 332 g/mol. The topological polar surface area (TPSA) is 99.3 Å². The number of nitrogens with zero attached hydrogens (tertiary/aromatic N) is 4. The van der Waals surface area contributed by atoms with E-state index in [1.807, 2.05) is 26.0 Å². The number of aliphatic hydroxyl groups is 1. The van der Waals surface area contributed by atoms with Gasteiger partial charge in [-0.25, -0.2) is 0 Å². The van der Waals surface area contributed by atoms with Gasteiger partial charge in [0.25, 0.3) is 0 Å². The summed E-state index contributed by atoms with van der Waals surface area (Å²) in [6.07, 6.45) is 3.76. The molecule has 2 aromatic rings. The lowest BCUT2D eigenvalue weighted by Crippen LogP contribution is -2.26. The van der Waals surface area contributed by atoms with Gasteiger partial charge >= 0.3 is 0 Å². The first-order valence-electron chi connectivity index (χ1n) is 8.34. The van der Waals surface area contributed by atoms with Gasteiger partial charge in [-0.3, -0.25) is 0 Å². The molecule has 130 valence electrons. The molecule has 0 spiro atoms. The quantitative estimate of drug-likeness (QED) is 0.708. The monoisotopic (exact) mass is 332 g/mol. The van der Waals surface area contributed by atoms with Crippen molar-refractivity contribution in [1.82, 2.24) is 15.0 Å². The fourth-order valence-corrected chi connectivity index (χ4v) is 2.85. The van der Waals surface area contributed by atoms with E-state index >= 15 is 0 Å². The van der Waals surface area contributed by atoms with Gasteiger partial charge in [0.1, 0.15) is 5.76 Å². The Morgan fingerprint density at radius 2 is 2.17 bits per heavy atom. The van der Waals surface area contributed by atoms with Crippen LogP contribution in [0.5, 0.6) is 0 Å². The molecule has 0 saturated carbocycles. The fourth-order valence-electron chi connectivity index (χ4n) is 2.85. The van der Waals surface area contributed by atoms with Crippen molar-refractivity contribution in [3.8, 4) is 0 Å². The Labute approximate surface area is 141 Å². The Bertz CT molecular complexity index is 646. The van der Waals surface area contributed by atoms with E-state index in [9.17, 15) is 0 Å². The minimum absolute atomic E-state index is 0.0205. The molecular formula is C16H24N6O2. The number of furan rings is 1. The highest BCUT2D eigenvalue weighted by atomic mass is 16.3. The number of hydrogen-bond acceptors (Lipinski definition) is 8. The third-order valence-corrected chi connectivity index (χ3v) is 3.82. The lowest BCUT2D eigenvalue weighted by atomic mass is 10.2. The molecule has 8 heteroatoms. The Morgan fingerprint density at radius 1 is 1.33 bits per heavy atom. The van der Waals surface area contributed by atoms with E-state index in [1.54, 1.807) is 6.26 Å². The molecule has 0 aromatic carbocycles. The van der Waals surface area contributed by atoms with Gasteiger partial charge < -0.3 is 25.1 Å². The van der Waals surface area contributed by atoms with E-state index in [1.165, 1.54) is 0 Å². The average Bonchev–Trinajstić information content (AvgIpc) is 3.22. The molecule has 3 heterocycles. The van der Waals surface area contributed by atoms with Gasteiger partial charge in [0, 0.05) is 19.1 Å². The molecule has 3 rings (SSSR count). The smallest absolute Gasteiger partial charge is 0.232 e. The Kier molecular flexibility index (Phi) is 5.14. The summed E-state index contributed by atoms with van der Waals surface area (Å²) in [5.41, 5.74) is 0. The van der Waals surface area contributed by atoms with Crippen LogP contribution in [-0.2, 0) is 0 Å². The van der Waals surface area contributed by atoms with Gasteiger partial charge in [-0.1, -0.05) is 0 Å². The summed E-state index contributed by atoms with van der Waals surface area (Å²) < 4.78 is 5.58. The van der Waals surface area contributed by atoms with Crippen molar-refractivity contribution >= 4 is 17.8 Å². The molecule has 0 amide bonds. The molecule has 1 atom stereocenters. The van der Waals surface area contributed by atoms with E-state index in [-0.39, 0.29) is 18.7 Å². The maximum absolute atomic E-state index is 9.02. The van der Waals surface area contributed by atoms with Crippen molar-refractivity contribution < 1.29 is 9.52 Å². The molecule has 0 bridgehead atoms. The van der Waals surface area contributed by atoms with Crippen molar-refractivity contribution in [1.29, 1.82) is 0 Å². The zero-order chi connectivity index (χ0) is 16.9. The molecule has 8 nitrogen and oxygen atoms in total. The molecular weight excluding hydrogens is 308 g/mol. The van der Waals surface area contributed by atoms with Crippen LogP contribution in [0.15, 0.2) is 22.8 Å². The van der Waals surface area contributed by atoms with Gasteiger partial charge in [-0.15, -0.1) is 0 Å². The predicted octanol–water partition coefficient (Wildman–Crippen LogP) is 2.03. The molecule has 0 aliphatic carbocycles. The number of anilines is 3. The summed E-state index contributed by atoms with van der Waals surface area (Å²) in [5, 5.41) is 15.3. The van der Waals surface area contributed by atoms with Crippen molar-refractivity contribution in [2.45, 2.75) is 38.8 Å². The van der Waals surface area contributed by atoms with E-state index in [0.29, 0.717) is 24.4 Å². The number of aromatic nitrogens is 3. The molecule has 1 fully saturated rings. The second-order valence-electron chi connectivity index (χ2n) is 6.10. The zero-order valence-corrected chi connectivity index (χ0v) is 14.1. The summed E-state index contributed by atoms with van der Waals surface area (Å²) in [7, 11) is 0. The van der Waals surface area contributed by atoms with Gasteiger partial charge in [-0.05, 0) is 38.8 Å². The highest BCUT2D eigenvalue weighted by Gasteiger charge is 2.30. The lowest BCUT2D eigenvalue weighted by molar-refractivity contribution is 0.311. The lowest BCUT2D eigenvalue weighted by Gasteiger charge is -2.24. The van der Waals surface area contributed by atoms with Crippen LogP contribution >= 0.6 is 0 Å². The van der Waals surface area contributed by atoms with E-state index in [4.69, 9.17) is 9.52 Å². The summed E-state index contributed by atoms with van der Waals surface area (Å²) in [5.74, 6) is 2.53. The van der Waals surface area contributed by atoms with Crippen LogP contribution < -0.4 is 15.5 Å². The summed E-state index contributed by atoms with van der Waals surface area (Å²) >= 11 is 0. The molecule has 1 aliphatic rings. The van der Waals surface area contributed by atoms with Crippen LogP contribution in [0.4, 0.5) is 17.8 Å². The molecule has 1 saturated heterocycles. The third-order valence-electron chi connectivity index (χ3n) is 3.82. The Balaban J connectivity index is 1.89. The highest BCUT2D eigenvalue weighted by molar-refractivity contribution is 5.46. The van der Waals surface area contributed by atoms with Crippen LogP contribution in [0.1, 0.15) is 38.5 Å². The Hall–Kier alpha value is -2.35. The van der Waals surface area contributed by atoms with Crippen molar-refractivity contribution in [2.24, 2.45) is 0 Å². The molecule has 1 aliphatic heterocycles. The van der Waals surface area contributed by atoms with Crippen LogP contribution in [-0.4, -0.2) is 45.8 Å². The molecule has 2 aromatic heterocycles. The van der Waals surface area contributed by atoms with Crippen molar-refractivity contribution in [2.75, 3.05) is 35.2 Å². The number of rotatable bonds is 7. The molecule has 24 heavy (non-hydrogen) atoms. The predicted molar refractivity (Wildman–Crippen MR) is 92.2 cm³/mol. The second kappa shape index (κ2) is 7.48. The zero-order valence-electron chi connectivity index (χ0n) is 14.1. The summed E-state index contributed by atoms with van der Waals surface area (Å²) in [6, 6.07) is 4.24. The number of hydrogen-bond donors (Lipinski definition) is 3. The van der Waals surface area contributed by atoms with Crippen molar-refractivity contribution in [3.63, 3.8) is 0 Å². The van der Waals surface area contributed by atoms with E-state index in [2.05, 4.69) is 30.5 Å². The van der Waals surface area contributed by atoms with Gasteiger partial charge in [0.05, 0.1) is 18.9 Å². The first-order chi connectivity index (χ1) is 11.7. The first kappa shape index (κ1) is 16.5. The highest BCUT2D eigenvalue weighted by Crippen LogP contribution is 2.35. The second-order valence-corrected chi connectivity index (χ2v) is 6.10. The first-order valence-corrected chi connectivity index (χ1v) is 8.34. The van der Waals surface area contributed by atoms with Crippen LogP contribution in [0.2, 0.25) is 0 Å². The van der Waals surface area contributed by atoms with Gasteiger partial charge in [0.15, 0.2) is 0 Å². The third kappa shape index (κ3) is 3.76. The summed E-state index contributed by atoms with van der Waals surface area (Å²) in [6.45, 7) is 5.35.